The minimum Gasteiger partial charge on any atom is -0.352 e. The Morgan fingerprint density at radius 1 is 1.21 bits per heavy atom. The Morgan fingerprint density at radius 2 is 2.04 bits per heavy atom. The van der Waals surface area contributed by atoms with Crippen molar-refractivity contribution in [2.24, 2.45) is 0 Å². The lowest BCUT2D eigenvalue weighted by molar-refractivity contribution is 0.0952. The monoisotopic (exact) mass is 326 g/mol. The highest BCUT2D eigenvalue weighted by atomic mass is 16.1. The number of hydrogen-bond donors (Lipinski definition) is 1. The normalized spacial score (nSPS) is 11.1. The Balaban J connectivity index is 1.56. The van der Waals surface area contributed by atoms with Gasteiger partial charge < -0.3 is 5.32 Å². The molecule has 0 aliphatic heterocycles. The summed E-state index contributed by atoms with van der Waals surface area (Å²) in [6.45, 7) is 8.19. The van der Waals surface area contributed by atoms with Gasteiger partial charge in [-0.25, -0.2) is 4.68 Å². The van der Waals surface area contributed by atoms with Gasteiger partial charge in [0.2, 0.25) is 0 Å². The Labute approximate surface area is 140 Å². The van der Waals surface area contributed by atoms with Crippen LogP contribution in [0.1, 0.15) is 35.1 Å². The number of rotatable bonds is 6. The average molecular weight is 326 g/mol. The number of hydrogen-bond acceptors (Lipinski definition) is 4. The van der Waals surface area contributed by atoms with Gasteiger partial charge in [-0.15, -0.1) is 5.10 Å². The first-order valence-corrected chi connectivity index (χ1v) is 8.21. The van der Waals surface area contributed by atoms with Crippen LogP contribution in [0.2, 0.25) is 0 Å². The van der Waals surface area contributed by atoms with Crippen LogP contribution in [0.15, 0.2) is 24.3 Å². The zero-order valence-corrected chi connectivity index (χ0v) is 14.3. The largest absolute Gasteiger partial charge is 0.352 e. The summed E-state index contributed by atoms with van der Waals surface area (Å²) in [4.78, 5) is 12.3. The molecule has 0 aliphatic rings. The number of carbonyl (C=O) groups is 1. The fourth-order valence-corrected chi connectivity index (χ4v) is 2.78. The minimum atomic E-state index is -0.0867. The Bertz CT molecular complexity index is 863. The first-order valence-electron chi connectivity index (χ1n) is 8.21. The number of fused-ring (bicyclic) bond motifs is 1. The van der Waals surface area contributed by atoms with Gasteiger partial charge in [-0.3, -0.25) is 9.48 Å². The SMILES string of the molecule is CCn1nnc2cc(C(=O)NCCCn3nc(C)cc3C)ccc21. The topological polar surface area (TPSA) is 77.6 Å². The number of nitrogens with one attached hydrogen (secondary N) is 1. The van der Waals surface area contributed by atoms with E-state index in [0.717, 1.165) is 41.9 Å². The van der Waals surface area contributed by atoms with E-state index in [1.807, 2.05) is 42.3 Å². The number of carbonyl (C=O) groups excluding carboxylic acids is 1. The molecule has 0 atom stereocenters. The van der Waals surface area contributed by atoms with E-state index in [2.05, 4.69) is 26.8 Å². The minimum absolute atomic E-state index is 0.0867. The Hall–Kier alpha value is -2.70. The summed E-state index contributed by atoms with van der Waals surface area (Å²) < 4.78 is 3.78. The maximum absolute atomic E-state index is 12.3. The molecule has 1 N–H and O–H groups in total. The third-order valence-corrected chi connectivity index (χ3v) is 4.01. The molecular weight excluding hydrogens is 304 g/mol. The van der Waals surface area contributed by atoms with E-state index in [4.69, 9.17) is 0 Å². The van der Waals surface area contributed by atoms with Crippen LogP contribution in [-0.4, -0.2) is 37.2 Å². The first-order chi connectivity index (χ1) is 11.6. The van der Waals surface area contributed by atoms with Crippen molar-refractivity contribution in [1.29, 1.82) is 0 Å². The zero-order valence-electron chi connectivity index (χ0n) is 14.3. The van der Waals surface area contributed by atoms with Gasteiger partial charge in [0, 0.05) is 30.9 Å². The highest BCUT2D eigenvalue weighted by Gasteiger charge is 2.09. The molecule has 7 nitrogen and oxygen atoms in total. The molecule has 0 saturated heterocycles. The smallest absolute Gasteiger partial charge is 0.251 e. The molecule has 0 bridgehead atoms. The quantitative estimate of drug-likeness (QED) is 0.704. The van der Waals surface area contributed by atoms with Crippen LogP contribution in [0.5, 0.6) is 0 Å². The van der Waals surface area contributed by atoms with Crippen LogP contribution in [0, 0.1) is 13.8 Å². The summed E-state index contributed by atoms with van der Waals surface area (Å²) in [5.74, 6) is -0.0867. The van der Waals surface area contributed by atoms with Crippen LogP contribution in [-0.2, 0) is 13.1 Å². The van der Waals surface area contributed by atoms with Gasteiger partial charge in [-0.2, -0.15) is 5.10 Å². The van der Waals surface area contributed by atoms with E-state index < -0.39 is 0 Å². The molecule has 3 aromatic rings. The molecule has 2 heterocycles. The van der Waals surface area contributed by atoms with Crippen molar-refractivity contribution in [3.8, 4) is 0 Å². The molecule has 24 heavy (non-hydrogen) atoms. The summed E-state index contributed by atoms with van der Waals surface area (Å²) in [5.41, 5.74) is 4.45. The number of benzene rings is 1. The van der Waals surface area contributed by atoms with Crippen molar-refractivity contribution in [3.63, 3.8) is 0 Å². The van der Waals surface area contributed by atoms with Crippen LogP contribution in [0.3, 0.4) is 0 Å². The highest BCUT2D eigenvalue weighted by Crippen LogP contribution is 2.13. The molecular formula is C17H22N6O. The van der Waals surface area contributed by atoms with Gasteiger partial charge in [0.1, 0.15) is 5.52 Å². The molecule has 3 rings (SSSR count). The maximum Gasteiger partial charge on any atom is 0.251 e. The van der Waals surface area contributed by atoms with E-state index in [-0.39, 0.29) is 5.91 Å². The van der Waals surface area contributed by atoms with Crippen molar-refractivity contribution in [2.75, 3.05) is 6.54 Å². The molecule has 0 aliphatic carbocycles. The summed E-state index contributed by atoms with van der Waals surface area (Å²) in [6, 6.07) is 7.54. The van der Waals surface area contributed by atoms with Gasteiger partial charge in [0.05, 0.1) is 11.2 Å². The van der Waals surface area contributed by atoms with Crippen molar-refractivity contribution in [1.82, 2.24) is 30.1 Å². The molecule has 0 saturated carbocycles. The highest BCUT2D eigenvalue weighted by molar-refractivity contribution is 5.97. The predicted molar refractivity (Wildman–Crippen MR) is 91.9 cm³/mol. The van der Waals surface area contributed by atoms with E-state index in [1.165, 1.54) is 0 Å². The summed E-state index contributed by atoms with van der Waals surface area (Å²) >= 11 is 0. The van der Waals surface area contributed by atoms with Crippen molar-refractivity contribution < 1.29 is 4.79 Å². The van der Waals surface area contributed by atoms with Crippen molar-refractivity contribution >= 4 is 16.9 Å². The average Bonchev–Trinajstić information content (AvgIpc) is 3.13. The third-order valence-electron chi connectivity index (χ3n) is 4.01. The van der Waals surface area contributed by atoms with Gasteiger partial charge >= 0.3 is 0 Å². The predicted octanol–water partition coefficient (Wildman–Crippen LogP) is 2.08. The van der Waals surface area contributed by atoms with Gasteiger partial charge in [-0.05, 0) is 51.5 Å². The lowest BCUT2D eigenvalue weighted by atomic mass is 10.2. The molecule has 1 amide bonds. The molecule has 0 spiro atoms. The fraction of sp³-hybridized carbons (Fsp3) is 0.412. The van der Waals surface area contributed by atoms with Crippen LogP contribution >= 0.6 is 0 Å². The summed E-state index contributed by atoms with van der Waals surface area (Å²) in [5, 5.41) is 15.5. The number of nitrogens with zero attached hydrogens (tertiary/aromatic N) is 5. The van der Waals surface area contributed by atoms with Crippen molar-refractivity contribution in [3.05, 3.63) is 41.2 Å². The second kappa shape index (κ2) is 6.82. The molecule has 0 unspecified atom stereocenters. The standard InChI is InChI=1S/C17H22N6O/c1-4-22-16-7-6-14(11-15(16)19-21-22)17(24)18-8-5-9-23-13(3)10-12(2)20-23/h6-7,10-11H,4-5,8-9H2,1-3H3,(H,18,24). The number of aromatic nitrogens is 5. The zero-order chi connectivity index (χ0) is 17.1. The second-order valence-electron chi connectivity index (χ2n) is 5.87. The van der Waals surface area contributed by atoms with Crippen molar-refractivity contribution in [2.45, 2.75) is 40.3 Å². The van der Waals surface area contributed by atoms with E-state index in [0.29, 0.717) is 12.1 Å². The van der Waals surface area contributed by atoms with Gasteiger partial charge in [0.25, 0.3) is 5.91 Å². The van der Waals surface area contributed by atoms with Crippen LogP contribution < -0.4 is 5.32 Å². The molecule has 2 aromatic heterocycles. The maximum atomic E-state index is 12.3. The lowest BCUT2D eigenvalue weighted by Crippen LogP contribution is -2.25. The number of amides is 1. The summed E-state index contributed by atoms with van der Waals surface area (Å²) in [7, 11) is 0. The van der Waals surface area contributed by atoms with Crippen LogP contribution in [0.4, 0.5) is 0 Å². The molecule has 0 radical (unpaired) electrons. The Kier molecular flexibility index (Phi) is 4.59. The Morgan fingerprint density at radius 3 is 2.75 bits per heavy atom. The van der Waals surface area contributed by atoms with Crippen LogP contribution in [0.25, 0.3) is 11.0 Å². The van der Waals surface area contributed by atoms with E-state index in [1.54, 1.807) is 6.07 Å². The second-order valence-corrected chi connectivity index (χ2v) is 5.87. The molecule has 1 aromatic carbocycles. The number of aryl methyl sites for hydroxylation is 4. The van der Waals surface area contributed by atoms with E-state index >= 15 is 0 Å². The summed E-state index contributed by atoms with van der Waals surface area (Å²) in [6.07, 6.45) is 0.835. The third kappa shape index (κ3) is 3.29. The van der Waals surface area contributed by atoms with Gasteiger partial charge in [0.15, 0.2) is 0 Å². The molecule has 126 valence electrons. The molecule has 7 heteroatoms. The van der Waals surface area contributed by atoms with E-state index in [9.17, 15) is 4.79 Å². The fourth-order valence-electron chi connectivity index (χ4n) is 2.78. The van der Waals surface area contributed by atoms with Gasteiger partial charge in [-0.1, -0.05) is 5.21 Å². The molecule has 0 fully saturated rings. The first kappa shape index (κ1) is 16.2. The lowest BCUT2D eigenvalue weighted by Gasteiger charge is -2.07.